The molecule has 1 heterocycles. The van der Waals surface area contributed by atoms with Crippen molar-refractivity contribution in [2.24, 2.45) is 5.92 Å². The van der Waals surface area contributed by atoms with Crippen molar-refractivity contribution < 1.29 is 27.4 Å². The van der Waals surface area contributed by atoms with Crippen LogP contribution in [0.4, 0.5) is 13.2 Å². The number of hydrogen-bond acceptors (Lipinski definition) is 3. The van der Waals surface area contributed by atoms with E-state index in [-0.39, 0.29) is 24.8 Å². The number of amides is 1. The number of carbonyl (C=O) groups excluding carboxylic acids is 1. The lowest BCUT2D eigenvalue weighted by Crippen LogP contribution is -2.42. The second-order valence-electron chi connectivity index (χ2n) is 6.02. The highest BCUT2D eigenvalue weighted by atomic mass is 19.4. The first kappa shape index (κ1) is 16.7. The average Bonchev–Trinajstić information content (AvgIpc) is 3.01. The largest absolute Gasteiger partial charge is 0.454 e. The van der Waals surface area contributed by atoms with Gasteiger partial charge >= 0.3 is 6.18 Å². The van der Waals surface area contributed by atoms with Crippen LogP contribution < -0.4 is 9.47 Å². The molecule has 1 atom stereocenters. The van der Waals surface area contributed by atoms with Crippen LogP contribution in [-0.2, 0) is 0 Å². The Morgan fingerprint density at radius 1 is 1.21 bits per heavy atom. The van der Waals surface area contributed by atoms with Gasteiger partial charge in [-0.05, 0) is 43.4 Å². The minimum atomic E-state index is -4.43. The van der Waals surface area contributed by atoms with E-state index in [1.54, 1.807) is 6.07 Å². The molecule has 7 heteroatoms. The number of benzene rings is 1. The van der Waals surface area contributed by atoms with Crippen molar-refractivity contribution in [1.29, 1.82) is 0 Å². The summed E-state index contributed by atoms with van der Waals surface area (Å²) in [4.78, 5) is 13.5. The van der Waals surface area contributed by atoms with Gasteiger partial charge in [-0.2, -0.15) is 13.2 Å². The van der Waals surface area contributed by atoms with Gasteiger partial charge in [0.25, 0.3) is 5.91 Å². The Kier molecular flexibility index (Phi) is 4.69. The molecule has 24 heavy (non-hydrogen) atoms. The van der Waals surface area contributed by atoms with Crippen molar-refractivity contribution in [3.8, 4) is 11.5 Å². The highest BCUT2D eigenvalue weighted by Crippen LogP contribution is 2.33. The predicted molar refractivity (Wildman–Crippen MR) is 81.0 cm³/mol. The van der Waals surface area contributed by atoms with E-state index in [2.05, 4.69) is 0 Å². The number of carbonyl (C=O) groups is 1. The van der Waals surface area contributed by atoms with E-state index in [1.807, 2.05) is 12.2 Å². The zero-order chi connectivity index (χ0) is 17.2. The molecule has 0 spiro atoms. The molecular weight excluding hydrogens is 323 g/mol. The SMILES string of the molecule is O=C(c1ccc2c(c1)OCO2)N(CC1CC=CCC1)CC(F)(F)F. The molecule has 0 N–H and O–H groups in total. The molecule has 1 aromatic rings. The number of hydrogen-bond donors (Lipinski definition) is 0. The fraction of sp³-hybridized carbons (Fsp3) is 0.471. The average molecular weight is 341 g/mol. The summed E-state index contributed by atoms with van der Waals surface area (Å²) >= 11 is 0. The monoisotopic (exact) mass is 341 g/mol. The highest BCUT2D eigenvalue weighted by Gasteiger charge is 2.34. The molecule has 1 unspecified atom stereocenters. The number of ether oxygens (including phenoxy) is 2. The first-order valence-corrected chi connectivity index (χ1v) is 7.83. The number of allylic oxidation sites excluding steroid dienone is 2. The highest BCUT2D eigenvalue weighted by molar-refractivity contribution is 5.95. The van der Waals surface area contributed by atoms with Gasteiger partial charge in [-0.25, -0.2) is 0 Å². The van der Waals surface area contributed by atoms with Crippen molar-refractivity contribution in [1.82, 2.24) is 4.90 Å². The summed E-state index contributed by atoms with van der Waals surface area (Å²) in [6.07, 6.45) is 1.87. The first-order chi connectivity index (χ1) is 11.4. The molecule has 1 aliphatic carbocycles. The second kappa shape index (κ2) is 6.75. The summed E-state index contributed by atoms with van der Waals surface area (Å²) in [7, 11) is 0. The second-order valence-corrected chi connectivity index (χ2v) is 6.02. The molecule has 2 aliphatic rings. The molecule has 0 saturated heterocycles. The molecule has 0 bridgehead atoms. The van der Waals surface area contributed by atoms with E-state index in [4.69, 9.17) is 9.47 Å². The van der Waals surface area contributed by atoms with Crippen molar-refractivity contribution in [2.45, 2.75) is 25.4 Å². The van der Waals surface area contributed by atoms with Crippen LogP contribution in [0.1, 0.15) is 29.6 Å². The van der Waals surface area contributed by atoms with E-state index in [1.165, 1.54) is 12.1 Å². The maximum Gasteiger partial charge on any atom is 0.406 e. The lowest BCUT2D eigenvalue weighted by molar-refractivity contribution is -0.141. The maximum atomic E-state index is 12.9. The minimum absolute atomic E-state index is 0.0493. The first-order valence-electron chi connectivity index (χ1n) is 7.83. The Morgan fingerprint density at radius 2 is 2.00 bits per heavy atom. The van der Waals surface area contributed by atoms with E-state index >= 15 is 0 Å². The van der Waals surface area contributed by atoms with Crippen molar-refractivity contribution in [3.63, 3.8) is 0 Å². The zero-order valence-electron chi connectivity index (χ0n) is 13.0. The molecule has 0 fully saturated rings. The summed E-state index contributed by atoms with van der Waals surface area (Å²) in [5.74, 6) is 0.287. The summed E-state index contributed by atoms with van der Waals surface area (Å²) in [6.45, 7) is -1.11. The van der Waals surface area contributed by atoms with Crippen LogP contribution in [0.3, 0.4) is 0 Å². The summed E-state index contributed by atoms with van der Waals surface area (Å²) in [6, 6.07) is 4.46. The number of halogens is 3. The molecule has 0 radical (unpaired) electrons. The molecule has 1 amide bonds. The van der Waals surface area contributed by atoms with Gasteiger partial charge in [0, 0.05) is 12.1 Å². The van der Waals surface area contributed by atoms with Crippen LogP contribution in [0.5, 0.6) is 11.5 Å². The van der Waals surface area contributed by atoms with Crippen LogP contribution in [0, 0.1) is 5.92 Å². The molecule has 4 nitrogen and oxygen atoms in total. The smallest absolute Gasteiger partial charge is 0.406 e. The van der Waals surface area contributed by atoms with Crippen molar-refractivity contribution in [3.05, 3.63) is 35.9 Å². The Balaban J connectivity index is 1.78. The third-order valence-corrected chi connectivity index (χ3v) is 4.13. The van der Waals surface area contributed by atoms with Gasteiger partial charge < -0.3 is 14.4 Å². The van der Waals surface area contributed by atoms with Crippen LogP contribution in [0.25, 0.3) is 0 Å². The van der Waals surface area contributed by atoms with E-state index < -0.39 is 18.6 Å². The zero-order valence-corrected chi connectivity index (χ0v) is 13.0. The number of rotatable bonds is 4. The Labute approximate surface area is 137 Å². The number of alkyl halides is 3. The third-order valence-electron chi connectivity index (χ3n) is 4.13. The van der Waals surface area contributed by atoms with E-state index in [9.17, 15) is 18.0 Å². The Hall–Kier alpha value is -2.18. The predicted octanol–water partition coefficient (Wildman–Crippen LogP) is 3.78. The van der Waals surface area contributed by atoms with Crippen LogP contribution in [0.15, 0.2) is 30.4 Å². The van der Waals surface area contributed by atoms with Gasteiger partial charge in [0.15, 0.2) is 11.5 Å². The molecule has 130 valence electrons. The number of nitrogens with zero attached hydrogens (tertiary/aromatic N) is 1. The van der Waals surface area contributed by atoms with Gasteiger partial charge in [0.1, 0.15) is 6.54 Å². The fourth-order valence-electron chi connectivity index (χ4n) is 2.98. The lowest BCUT2D eigenvalue weighted by Gasteiger charge is -2.29. The third kappa shape index (κ3) is 4.01. The lowest BCUT2D eigenvalue weighted by atomic mass is 9.93. The fourth-order valence-corrected chi connectivity index (χ4v) is 2.98. The van der Waals surface area contributed by atoms with E-state index in [0.717, 1.165) is 17.7 Å². The molecule has 0 aromatic heterocycles. The van der Waals surface area contributed by atoms with Crippen LogP contribution in [-0.4, -0.2) is 36.9 Å². The summed E-state index contributed by atoms with van der Waals surface area (Å²) < 4.78 is 49.1. The minimum Gasteiger partial charge on any atom is -0.454 e. The molecule has 3 rings (SSSR count). The number of fused-ring (bicyclic) bond motifs is 1. The van der Waals surface area contributed by atoms with Crippen LogP contribution >= 0.6 is 0 Å². The topological polar surface area (TPSA) is 38.8 Å². The summed E-state index contributed by atoms with van der Waals surface area (Å²) in [5.41, 5.74) is 0.176. The van der Waals surface area contributed by atoms with Crippen molar-refractivity contribution in [2.75, 3.05) is 19.9 Å². The quantitative estimate of drug-likeness (QED) is 0.783. The van der Waals surface area contributed by atoms with Gasteiger partial charge in [0.05, 0.1) is 0 Å². The molecule has 0 saturated carbocycles. The maximum absolute atomic E-state index is 12.9. The van der Waals surface area contributed by atoms with Gasteiger partial charge in [-0.3, -0.25) is 4.79 Å². The van der Waals surface area contributed by atoms with Gasteiger partial charge in [-0.1, -0.05) is 12.2 Å². The Bertz CT molecular complexity index is 642. The molecule has 1 aliphatic heterocycles. The normalized spacial score (nSPS) is 19.4. The molecule has 1 aromatic carbocycles. The van der Waals surface area contributed by atoms with Gasteiger partial charge in [0.2, 0.25) is 6.79 Å². The van der Waals surface area contributed by atoms with Gasteiger partial charge in [-0.15, -0.1) is 0 Å². The van der Waals surface area contributed by atoms with E-state index in [0.29, 0.717) is 17.9 Å². The molecular formula is C17H18F3NO3. The van der Waals surface area contributed by atoms with Crippen LogP contribution in [0.2, 0.25) is 0 Å². The summed E-state index contributed by atoms with van der Waals surface area (Å²) in [5, 5.41) is 0. The van der Waals surface area contributed by atoms with Crippen molar-refractivity contribution >= 4 is 5.91 Å². The standard InChI is InChI=1S/C17H18F3NO3/c18-17(19,20)10-21(9-12-4-2-1-3-5-12)16(22)13-6-7-14-15(8-13)24-11-23-14/h1-2,6-8,12H,3-5,9-11H2. The Morgan fingerprint density at radius 3 is 2.71 bits per heavy atom.